The molecule has 22 heavy (non-hydrogen) atoms. The summed E-state index contributed by atoms with van der Waals surface area (Å²) >= 11 is 3.41. The summed E-state index contributed by atoms with van der Waals surface area (Å²) in [5.74, 6) is 0.416. The van der Waals surface area contributed by atoms with Crippen molar-refractivity contribution in [2.75, 3.05) is 5.32 Å². The summed E-state index contributed by atoms with van der Waals surface area (Å²) in [7, 11) is 1.75. The van der Waals surface area contributed by atoms with Crippen LogP contribution in [0.25, 0.3) is 11.4 Å². The van der Waals surface area contributed by atoms with Crippen LogP contribution in [0.5, 0.6) is 0 Å². The highest BCUT2D eigenvalue weighted by Gasteiger charge is 2.11. The van der Waals surface area contributed by atoms with E-state index in [4.69, 9.17) is 0 Å². The van der Waals surface area contributed by atoms with Crippen molar-refractivity contribution in [1.82, 2.24) is 20.2 Å². The van der Waals surface area contributed by atoms with Gasteiger partial charge in [-0.25, -0.2) is 4.68 Å². The molecule has 0 aliphatic rings. The molecule has 0 aliphatic carbocycles. The maximum absolute atomic E-state index is 12.4. The first-order chi connectivity index (χ1) is 10.6. The topological polar surface area (TPSA) is 72.7 Å². The number of hydrogen-bond donors (Lipinski definition) is 1. The second-order valence-corrected chi connectivity index (χ2v) is 5.50. The predicted molar refractivity (Wildman–Crippen MR) is 86.3 cm³/mol. The highest BCUT2D eigenvalue weighted by Crippen LogP contribution is 2.23. The predicted octanol–water partition coefficient (Wildman–Crippen LogP) is 2.89. The van der Waals surface area contributed by atoms with E-state index in [0.717, 1.165) is 15.7 Å². The third kappa shape index (κ3) is 2.89. The van der Waals surface area contributed by atoms with E-state index in [2.05, 4.69) is 36.8 Å². The average Bonchev–Trinajstić information content (AvgIpc) is 2.96. The number of amides is 1. The van der Waals surface area contributed by atoms with E-state index in [-0.39, 0.29) is 5.91 Å². The number of tetrazole rings is 1. The minimum Gasteiger partial charge on any atom is -0.321 e. The van der Waals surface area contributed by atoms with Gasteiger partial charge in [-0.05, 0) is 50.6 Å². The van der Waals surface area contributed by atoms with Crippen molar-refractivity contribution in [2.24, 2.45) is 7.05 Å². The standard InChI is InChI=1S/C15H12BrN5O/c1-21-14(18-19-20-21)10-5-4-6-11(9-10)15(22)17-13-8-3-2-7-12(13)16/h2-9H,1H3,(H,17,22). The van der Waals surface area contributed by atoms with Gasteiger partial charge in [-0.15, -0.1) is 5.10 Å². The van der Waals surface area contributed by atoms with E-state index in [0.29, 0.717) is 11.4 Å². The third-order valence-corrected chi connectivity index (χ3v) is 3.82. The smallest absolute Gasteiger partial charge is 0.255 e. The van der Waals surface area contributed by atoms with Crippen LogP contribution in [0.4, 0.5) is 5.69 Å². The number of nitrogens with one attached hydrogen (secondary N) is 1. The van der Waals surface area contributed by atoms with Crippen molar-refractivity contribution in [2.45, 2.75) is 0 Å². The molecule has 0 saturated heterocycles. The number of anilines is 1. The van der Waals surface area contributed by atoms with E-state index < -0.39 is 0 Å². The highest BCUT2D eigenvalue weighted by molar-refractivity contribution is 9.10. The van der Waals surface area contributed by atoms with Gasteiger partial charge < -0.3 is 5.32 Å². The molecule has 0 fully saturated rings. The highest BCUT2D eigenvalue weighted by atomic mass is 79.9. The van der Waals surface area contributed by atoms with Crippen molar-refractivity contribution in [3.63, 3.8) is 0 Å². The fourth-order valence-corrected chi connectivity index (χ4v) is 2.41. The number of para-hydroxylation sites is 1. The molecule has 1 aromatic heterocycles. The molecule has 0 saturated carbocycles. The largest absolute Gasteiger partial charge is 0.321 e. The Morgan fingerprint density at radius 2 is 2.00 bits per heavy atom. The molecule has 0 spiro atoms. The van der Waals surface area contributed by atoms with Gasteiger partial charge in [0.15, 0.2) is 5.82 Å². The normalized spacial score (nSPS) is 10.5. The Morgan fingerprint density at radius 1 is 1.18 bits per heavy atom. The molecule has 1 N–H and O–H groups in total. The number of rotatable bonds is 3. The van der Waals surface area contributed by atoms with E-state index in [9.17, 15) is 4.79 Å². The molecule has 110 valence electrons. The second-order valence-electron chi connectivity index (χ2n) is 4.64. The van der Waals surface area contributed by atoms with Gasteiger partial charge in [0.25, 0.3) is 5.91 Å². The molecule has 7 heteroatoms. The molecule has 1 amide bonds. The van der Waals surface area contributed by atoms with Crippen LogP contribution in [-0.2, 0) is 7.05 Å². The molecule has 0 atom stereocenters. The molecule has 3 rings (SSSR count). The van der Waals surface area contributed by atoms with Gasteiger partial charge in [0, 0.05) is 22.6 Å². The van der Waals surface area contributed by atoms with Gasteiger partial charge in [-0.2, -0.15) is 0 Å². The molecule has 0 bridgehead atoms. The molecule has 3 aromatic rings. The van der Waals surface area contributed by atoms with Crippen LogP contribution in [0.15, 0.2) is 53.0 Å². The minimum atomic E-state index is -0.191. The lowest BCUT2D eigenvalue weighted by atomic mass is 10.1. The van der Waals surface area contributed by atoms with Crippen molar-refractivity contribution < 1.29 is 4.79 Å². The molecule has 0 aliphatic heterocycles. The number of aryl methyl sites for hydroxylation is 1. The van der Waals surface area contributed by atoms with Crippen LogP contribution in [-0.4, -0.2) is 26.1 Å². The van der Waals surface area contributed by atoms with Gasteiger partial charge in [0.1, 0.15) is 0 Å². The Morgan fingerprint density at radius 3 is 2.73 bits per heavy atom. The fraction of sp³-hybridized carbons (Fsp3) is 0.0667. The zero-order chi connectivity index (χ0) is 15.5. The van der Waals surface area contributed by atoms with Gasteiger partial charge >= 0.3 is 0 Å². The summed E-state index contributed by atoms with van der Waals surface area (Å²) in [6, 6.07) is 14.6. The van der Waals surface area contributed by atoms with Crippen LogP contribution < -0.4 is 5.32 Å². The maximum atomic E-state index is 12.4. The molecule has 0 unspecified atom stereocenters. The number of carbonyl (C=O) groups excluding carboxylic acids is 1. The number of aromatic nitrogens is 4. The van der Waals surface area contributed by atoms with Gasteiger partial charge in [0.2, 0.25) is 0 Å². The number of hydrogen-bond acceptors (Lipinski definition) is 4. The molecule has 0 radical (unpaired) electrons. The van der Waals surface area contributed by atoms with E-state index in [1.54, 1.807) is 29.9 Å². The first kappa shape index (κ1) is 14.4. The fourth-order valence-electron chi connectivity index (χ4n) is 2.03. The Bertz CT molecular complexity index is 830. The van der Waals surface area contributed by atoms with Crippen molar-refractivity contribution in [3.8, 4) is 11.4 Å². The third-order valence-electron chi connectivity index (χ3n) is 3.13. The summed E-state index contributed by atoms with van der Waals surface area (Å²) in [5, 5.41) is 14.2. The van der Waals surface area contributed by atoms with Crippen LogP contribution in [0, 0.1) is 0 Å². The Labute approximate surface area is 135 Å². The number of benzene rings is 2. The van der Waals surface area contributed by atoms with Crippen LogP contribution in [0.1, 0.15) is 10.4 Å². The molecule has 2 aromatic carbocycles. The Kier molecular flexibility index (Phi) is 3.97. The van der Waals surface area contributed by atoms with Gasteiger partial charge in [-0.3, -0.25) is 4.79 Å². The molecular weight excluding hydrogens is 346 g/mol. The van der Waals surface area contributed by atoms with Crippen molar-refractivity contribution in [1.29, 1.82) is 0 Å². The second kappa shape index (κ2) is 6.07. The number of nitrogens with zero attached hydrogens (tertiary/aromatic N) is 4. The van der Waals surface area contributed by atoms with Crippen LogP contribution in [0.3, 0.4) is 0 Å². The van der Waals surface area contributed by atoms with Crippen molar-refractivity contribution >= 4 is 27.5 Å². The van der Waals surface area contributed by atoms with Gasteiger partial charge in [-0.1, -0.05) is 24.3 Å². The average molecular weight is 358 g/mol. The van der Waals surface area contributed by atoms with Crippen molar-refractivity contribution in [3.05, 3.63) is 58.6 Å². The number of carbonyl (C=O) groups is 1. The zero-order valence-electron chi connectivity index (χ0n) is 11.7. The first-order valence-electron chi connectivity index (χ1n) is 6.54. The Hall–Kier alpha value is -2.54. The van der Waals surface area contributed by atoms with E-state index in [1.165, 1.54) is 0 Å². The molecule has 6 nitrogen and oxygen atoms in total. The maximum Gasteiger partial charge on any atom is 0.255 e. The lowest BCUT2D eigenvalue weighted by Crippen LogP contribution is -2.12. The van der Waals surface area contributed by atoms with E-state index >= 15 is 0 Å². The molecule has 1 heterocycles. The number of halogens is 1. The summed E-state index contributed by atoms with van der Waals surface area (Å²) in [5.41, 5.74) is 2.04. The van der Waals surface area contributed by atoms with Crippen LogP contribution in [0.2, 0.25) is 0 Å². The van der Waals surface area contributed by atoms with Crippen LogP contribution >= 0.6 is 15.9 Å². The Balaban J connectivity index is 1.88. The summed E-state index contributed by atoms with van der Waals surface area (Å²) in [6.07, 6.45) is 0. The monoisotopic (exact) mass is 357 g/mol. The summed E-state index contributed by atoms with van der Waals surface area (Å²) in [4.78, 5) is 12.4. The minimum absolute atomic E-state index is 0.191. The molecular formula is C15H12BrN5O. The lowest BCUT2D eigenvalue weighted by molar-refractivity contribution is 0.102. The summed E-state index contributed by atoms with van der Waals surface area (Å²) in [6.45, 7) is 0. The SMILES string of the molecule is Cn1nnnc1-c1cccc(C(=O)Nc2ccccc2Br)c1. The van der Waals surface area contributed by atoms with E-state index in [1.807, 2.05) is 30.3 Å². The quantitative estimate of drug-likeness (QED) is 0.782. The first-order valence-corrected chi connectivity index (χ1v) is 7.33. The lowest BCUT2D eigenvalue weighted by Gasteiger charge is -2.08. The summed E-state index contributed by atoms with van der Waals surface area (Å²) < 4.78 is 2.39. The zero-order valence-corrected chi connectivity index (χ0v) is 13.3. The van der Waals surface area contributed by atoms with Gasteiger partial charge in [0.05, 0.1) is 5.69 Å².